The number of nitrogens with zero attached hydrogens (tertiary/aromatic N) is 4. The number of nitrogens with one attached hydrogen (secondary N) is 2. The maximum absolute atomic E-state index is 14.2. The van der Waals surface area contributed by atoms with Gasteiger partial charge in [-0.1, -0.05) is 32.0 Å². The lowest BCUT2D eigenvalue weighted by Gasteiger charge is -2.14. The molecule has 8 nitrogen and oxygen atoms in total. The van der Waals surface area contributed by atoms with Crippen molar-refractivity contribution in [3.63, 3.8) is 0 Å². The predicted molar refractivity (Wildman–Crippen MR) is 150 cm³/mol. The molecule has 2 heterocycles. The smallest absolute Gasteiger partial charge is 0.263 e. The van der Waals surface area contributed by atoms with E-state index in [-0.39, 0.29) is 16.9 Å². The highest BCUT2D eigenvalue weighted by molar-refractivity contribution is 6.04. The number of pyridine rings is 1. The number of halogens is 1. The molecule has 0 atom stereocenters. The Kier molecular flexibility index (Phi) is 7.70. The highest BCUT2D eigenvalue weighted by Crippen LogP contribution is 2.33. The van der Waals surface area contributed by atoms with E-state index in [1.165, 1.54) is 12.1 Å². The molecule has 0 bridgehead atoms. The fraction of sp³-hybridized carbons (Fsp3) is 0.333. The van der Waals surface area contributed by atoms with Gasteiger partial charge in [0, 0.05) is 37.6 Å². The summed E-state index contributed by atoms with van der Waals surface area (Å²) in [4.78, 5) is 26.7. The first-order valence-corrected chi connectivity index (χ1v) is 13.3. The molecule has 2 N–H and O–H groups in total. The lowest BCUT2D eigenvalue weighted by molar-refractivity contribution is 0.102. The second-order valence-corrected chi connectivity index (χ2v) is 10.7. The molecular formula is C30H33FN6O2. The minimum atomic E-state index is -0.458. The van der Waals surface area contributed by atoms with E-state index in [1.807, 2.05) is 24.4 Å². The van der Waals surface area contributed by atoms with Gasteiger partial charge in [-0.2, -0.15) is 0 Å². The van der Waals surface area contributed by atoms with E-state index in [4.69, 9.17) is 0 Å². The first kappa shape index (κ1) is 26.5. The Morgan fingerprint density at radius 1 is 1.13 bits per heavy atom. The van der Waals surface area contributed by atoms with Gasteiger partial charge in [-0.3, -0.25) is 9.59 Å². The first-order valence-electron chi connectivity index (χ1n) is 13.3. The van der Waals surface area contributed by atoms with Crippen LogP contribution in [0.3, 0.4) is 0 Å². The third-order valence-electron chi connectivity index (χ3n) is 6.79. The largest absolute Gasteiger partial charge is 0.322 e. The van der Waals surface area contributed by atoms with Crippen molar-refractivity contribution in [1.82, 2.24) is 24.6 Å². The minimum Gasteiger partial charge on any atom is -0.322 e. The second-order valence-electron chi connectivity index (χ2n) is 10.7. The topological polar surface area (TPSA) is 93.8 Å². The lowest BCUT2D eigenvalue weighted by Crippen LogP contribution is -2.31. The van der Waals surface area contributed by atoms with E-state index in [0.717, 1.165) is 36.1 Å². The Hall–Kier alpha value is -4.11. The van der Waals surface area contributed by atoms with Crippen LogP contribution in [0.25, 0.3) is 22.5 Å². The molecule has 2 aromatic heterocycles. The highest BCUT2D eigenvalue weighted by atomic mass is 19.1. The molecule has 0 saturated heterocycles. The number of amides is 1. The van der Waals surface area contributed by atoms with Crippen LogP contribution < -0.4 is 16.2 Å². The summed E-state index contributed by atoms with van der Waals surface area (Å²) in [6.45, 7) is 6.32. The van der Waals surface area contributed by atoms with E-state index in [2.05, 4.69) is 34.7 Å². The normalized spacial score (nSPS) is 13.2. The van der Waals surface area contributed by atoms with E-state index < -0.39 is 5.91 Å². The van der Waals surface area contributed by atoms with Crippen LogP contribution >= 0.6 is 0 Å². The highest BCUT2D eigenvalue weighted by Gasteiger charge is 2.24. The third kappa shape index (κ3) is 6.31. The summed E-state index contributed by atoms with van der Waals surface area (Å²) in [7, 11) is 1.79. The monoisotopic (exact) mass is 528 g/mol. The number of rotatable bonds is 10. The Bertz CT molecular complexity index is 1550. The van der Waals surface area contributed by atoms with Gasteiger partial charge in [-0.15, -0.1) is 10.2 Å². The number of aromatic nitrogens is 4. The van der Waals surface area contributed by atoms with Crippen molar-refractivity contribution in [2.24, 2.45) is 18.9 Å². The van der Waals surface area contributed by atoms with Gasteiger partial charge in [-0.25, -0.2) is 4.39 Å². The molecule has 0 aliphatic heterocycles. The molecule has 0 unspecified atom stereocenters. The van der Waals surface area contributed by atoms with Crippen LogP contribution in [0.5, 0.6) is 0 Å². The summed E-state index contributed by atoms with van der Waals surface area (Å²) in [6.07, 6.45) is 5.64. The predicted octanol–water partition coefficient (Wildman–Crippen LogP) is 4.86. The fourth-order valence-electron chi connectivity index (χ4n) is 4.62. The summed E-state index contributed by atoms with van der Waals surface area (Å²) >= 11 is 0. The standard InChI is InChI=1S/C30H33FN6O2/c1-19(2)14-32-15-21-11-27(30(39)37(17-21)16-20-7-8-20)29(38)34-24-6-4-5-22(12-24)25-10-9-23(31)13-26(25)28-35-33-18-36(28)3/h4-6,9-13,17-20,32H,7-8,14-16H2,1-3H3,(H,34,38). The summed E-state index contributed by atoms with van der Waals surface area (Å²) in [5, 5.41) is 14.4. The molecule has 5 rings (SSSR count). The van der Waals surface area contributed by atoms with Crippen LogP contribution in [0.2, 0.25) is 0 Å². The van der Waals surface area contributed by atoms with Crippen LogP contribution in [-0.2, 0) is 20.1 Å². The van der Waals surface area contributed by atoms with Crippen molar-refractivity contribution in [2.75, 3.05) is 11.9 Å². The van der Waals surface area contributed by atoms with E-state index in [9.17, 15) is 14.0 Å². The molecule has 1 aliphatic carbocycles. The molecule has 1 aliphatic rings. The van der Waals surface area contributed by atoms with Crippen molar-refractivity contribution in [1.29, 1.82) is 0 Å². The number of benzene rings is 2. The maximum atomic E-state index is 14.2. The Balaban J connectivity index is 1.43. The number of carbonyl (C=O) groups is 1. The van der Waals surface area contributed by atoms with Gasteiger partial charge < -0.3 is 19.8 Å². The molecule has 202 valence electrons. The van der Waals surface area contributed by atoms with Gasteiger partial charge >= 0.3 is 0 Å². The van der Waals surface area contributed by atoms with Gasteiger partial charge in [-0.05, 0) is 78.2 Å². The van der Waals surface area contributed by atoms with Crippen LogP contribution in [-0.4, -0.2) is 31.8 Å². The molecular weight excluding hydrogens is 495 g/mol. The summed E-state index contributed by atoms with van der Waals surface area (Å²) in [6, 6.07) is 13.5. The summed E-state index contributed by atoms with van der Waals surface area (Å²) < 4.78 is 17.6. The van der Waals surface area contributed by atoms with Gasteiger partial charge in [0.1, 0.15) is 17.7 Å². The SMILES string of the molecule is CC(C)CNCc1cc(C(=O)Nc2cccc(-c3ccc(F)cc3-c3nncn3C)c2)c(=O)n(CC2CC2)c1. The van der Waals surface area contributed by atoms with Crippen LogP contribution in [0.15, 0.2) is 65.8 Å². The number of aryl methyl sites for hydroxylation is 1. The Morgan fingerprint density at radius 2 is 1.95 bits per heavy atom. The van der Waals surface area contributed by atoms with Gasteiger partial charge in [0.25, 0.3) is 11.5 Å². The quantitative estimate of drug-likeness (QED) is 0.307. The first-order chi connectivity index (χ1) is 18.8. The van der Waals surface area contributed by atoms with Crippen molar-refractivity contribution in [3.05, 3.63) is 88.4 Å². The van der Waals surface area contributed by atoms with Crippen molar-refractivity contribution >= 4 is 11.6 Å². The molecule has 1 fully saturated rings. The molecule has 2 aromatic carbocycles. The van der Waals surface area contributed by atoms with E-state index in [0.29, 0.717) is 42.0 Å². The molecule has 4 aromatic rings. The second kappa shape index (κ2) is 11.3. The zero-order valence-electron chi connectivity index (χ0n) is 22.4. The summed E-state index contributed by atoms with van der Waals surface area (Å²) in [5.74, 6) is 0.672. The molecule has 0 radical (unpaired) electrons. The minimum absolute atomic E-state index is 0.117. The van der Waals surface area contributed by atoms with E-state index in [1.54, 1.807) is 40.7 Å². The van der Waals surface area contributed by atoms with Crippen LogP contribution in [0, 0.1) is 17.7 Å². The summed E-state index contributed by atoms with van der Waals surface area (Å²) in [5.41, 5.74) is 3.36. The Labute approximate surface area is 226 Å². The zero-order valence-corrected chi connectivity index (χ0v) is 22.4. The molecule has 1 amide bonds. The molecule has 0 spiro atoms. The van der Waals surface area contributed by atoms with Crippen molar-refractivity contribution in [3.8, 4) is 22.5 Å². The average Bonchev–Trinajstić information content (AvgIpc) is 3.62. The number of hydrogen-bond donors (Lipinski definition) is 2. The van der Waals surface area contributed by atoms with E-state index >= 15 is 0 Å². The van der Waals surface area contributed by atoms with Crippen molar-refractivity contribution in [2.45, 2.75) is 39.8 Å². The number of hydrogen-bond acceptors (Lipinski definition) is 5. The molecule has 1 saturated carbocycles. The Morgan fingerprint density at radius 3 is 2.67 bits per heavy atom. The van der Waals surface area contributed by atoms with Gasteiger partial charge in [0.2, 0.25) is 0 Å². The molecule has 39 heavy (non-hydrogen) atoms. The average molecular weight is 529 g/mol. The number of carbonyl (C=O) groups excluding carboxylic acids is 1. The van der Waals surface area contributed by atoms with Crippen LogP contribution in [0.4, 0.5) is 10.1 Å². The zero-order chi connectivity index (χ0) is 27.5. The van der Waals surface area contributed by atoms with Crippen LogP contribution in [0.1, 0.15) is 42.6 Å². The van der Waals surface area contributed by atoms with Gasteiger partial charge in [0.15, 0.2) is 5.82 Å². The fourth-order valence-corrected chi connectivity index (χ4v) is 4.62. The third-order valence-corrected chi connectivity index (χ3v) is 6.79. The van der Waals surface area contributed by atoms with Gasteiger partial charge in [0.05, 0.1) is 0 Å². The van der Waals surface area contributed by atoms with Crippen molar-refractivity contribution < 1.29 is 9.18 Å². The lowest BCUT2D eigenvalue weighted by atomic mass is 9.98. The molecule has 9 heteroatoms. The number of anilines is 1. The maximum Gasteiger partial charge on any atom is 0.263 e.